The van der Waals surface area contributed by atoms with Gasteiger partial charge in [0.2, 0.25) is 11.8 Å². The van der Waals surface area contributed by atoms with Crippen molar-refractivity contribution >= 4 is 23.5 Å². The first-order valence-electron chi connectivity index (χ1n) is 9.59. The fraction of sp³-hybridized carbons (Fsp3) is 0.318. The summed E-state index contributed by atoms with van der Waals surface area (Å²) in [7, 11) is 0. The van der Waals surface area contributed by atoms with Crippen LogP contribution in [0.3, 0.4) is 0 Å². The first-order chi connectivity index (χ1) is 13.9. The minimum absolute atomic E-state index is 0.0629. The summed E-state index contributed by atoms with van der Waals surface area (Å²) in [5.74, 6) is -2.52. The number of carboxylic acids is 1. The number of hydrogen-bond donors (Lipinski definition) is 2. The first-order valence-corrected chi connectivity index (χ1v) is 9.59. The Labute approximate surface area is 168 Å². The van der Waals surface area contributed by atoms with Gasteiger partial charge in [0.25, 0.3) is 0 Å². The molecule has 6 nitrogen and oxygen atoms in total. The van der Waals surface area contributed by atoms with Crippen LogP contribution in [-0.2, 0) is 16.0 Å². The van der Waals surface area contributed by atoms with Crippen LogP contribution < -0.4 is 5.32 Å². The molecule has 0 saturated carbocycles. The number of benzene rings is 2. The van der Waals surface area contributed by atoms with Crippen molar-refractivity contribution in [1.29, 1.82) is 0 Å². The number of aryl methyl sites for hydroxylation is 1. The molecule has 2 amide bonds. The zero-order valence-electron chi connectivity index (χ0n) is 15.9. The lowest BCUT2D eigenvalue weighted by molar-refractivity contribution is -0.134. The molecule has 1 fully saturated rings. The molecule has 0 unspecified atom stereocenters. The predicted octanol–water partition coefficient (Wildman–Crippen LogP) is 3.33. The molecule has 1 aliphatic heterocycles. The quantitative estimate of drug-likeness (QED) is 0.781. The first kappa shape index (κ1) is 20.5. The number of rotatable bonds is 6. The molecule has 3 rings (SSSR count). The van der Waals surface area contributed by atoms with Crippen molar-refractivity contribution in [2.45, 2.75) is 25.7 Å². The number of likely N-dealkylation sites (tertiary alicyclic amines) is 1. The summed E-state index contributed by atoms with van der Waals surface area (Å²) in [5.41, 5.74) is 0.873. The summed E-state index contributed by atoms with van der Waals surface area (Å²) in [5, 5.41) is 11.5. The Balaban J connectivity index is 1.50. The molecule has 2 aromatic carbocycles. The van der Waals surface area contributed by atoms with E-state index in [2.05, 4.69) is 5.32 Å². The molecule has 2 aromatic rings. The van der Waals surface area contributed by atoms with E-state index in [9.17, 15) is 18.8 Å². The van der Waals surface area contributed by atoms with Gasteiger partial charge < -0.3 is 15.3 Å². The number of amides is 2. The molecule has 1 saturated heterocycles. The van der Waals surface area contributed by atoms with Gasteiger partial charge in [0.15, 0.2) is 0 Å². The number of hydrogen-bond acceptors (Lipinski definition) is 3. The molecule has 0 atom stereocenters. The van der Waals surface area contributed by atoms with E-state index in [-0.39, 0.29) is 29.0 Å². The highest BCUT2D eigenvalue weighted by atomic mass is 19.1. The minimum Gasteiger partial charge on any atom is -0.478 e. The Hall–Kier alpha value is -3.22. The molecule has 0 spiro atoms. The van der Waals surface area contributed by atoms with Gasteiger partial charge in [-0.15, -0.1) is 0 Å². The Bertz CT molecular complexity index is 893. The van der Waals surface area contributed by atoms with Crippen LogP contribution in [0.25, 0.3) is 0 Å². The molecule has 7 heteroatoms. The highest BCUT2D eigenvalue weighted by Gasteiger charge is 2.27. The number of nitrogens with zero attached hydrogens (tertiary/aromatic N) is 1. The Kier molecular flexibility index (Phi) is 6.59. The van der Waals surface area contributed by atoms with E-state index >= 15 is 0 Å². The zero-order valence-corrected chi connectivity index (χ0v) is 15.9. The summed E-state index contributed by atoms with van der Waals surface area (Å²) < 4.78 is 13.9. The monoisotopic (exact) mass is 398 g/mol. The molecule has 0 aliphatic carbocycles. The molecular weight excluding hydrogens is 375 g/mol. The summed E-state index contributed by atoms with van der Waals surface area (Å²) in [4.78, 5) is 37.6. The third-order valence-corrected chi connectivity index (χ3v) is 5.16. The summed E-state index contributed by atoms with van der Waals surface area (Å²) >= 11 is 0. The van der Waals surface area contributed by atoms with Gasteiger partial charge in [-0.25, -0.2) is 9.18 Å². The van der Waals surface area contributed by atoms with E-state index in [0.29, 0.717) is 38.8 Å². The van der Waals surface area contributed by atoms with Gasteiger partial charge in [-0.3, -0.25) is 9.59 Å². The van der Waals surface area contributed by atoms with E-state index in [4.69, 9.17) is 5.11 Å². The SMILES string of the molecule is O=C(O)c1ccc(F)c(NC(=O)C2CCN(C(=O)CCc3ccccc3)CC2)c1. The standard InChI is InChI=1S/C22H23FN2O4/c23-18-8-7-17(22(28)29)14-19(18)24-21(27)16-10-12-25(13-11-16)20(26)9-6-15-4-2-1-3-5-15/h1-5,7-8,14,16H,6,9-13H2,(H,24,27)(H,28,29). The van der Waals surface area contributed by atoms with Gasteiger partial charge in [0.05, 0.1) is 11.3 Å². The van der Waals surface area contributed by atoms with Crippen LogP contribution in [0.2, 0.25) is 0 Å². The summed E-state index contributed by atoms with van der Waals surface area (Å²) in [6, 6.07) is 13.1. The maximum absolute atomic E-state index is 13.9. The second-order valence-electron chi connectivity index (χ2n) is 7.13. The third kappa shape index (κ3) is 5.40. The molecule has 0 bridgehead atoms. The zero-order chi connectivity index (χ0) is 20.8. The number of aromatic carboxylic acids is 1. The van der Waals surface area contributed by atoms with Crippen LogP contribution >= 0.6 is 0 Å². The number of nitrogens with one attached hydrogen (secondary N) is 1. The molecule has 0 radical (unpaired) electrons. The van der Waals surface area contributed by atoms with Crippen molar-refractivity contribution in [3.63, 3.8) is 0 Å². The Morgan fingerprint density at radius 1 is 1.07 bits per heavy atom. The Morgan fingerprint density at radius 2 is 1.76 bits per heavy atom. The van der Waals surface area contributed by atoms with Crippen LogP contribution in [-0.4, -0.2) is 40.9 Å². The molecular formula is C22H23FN2O4. The molecule has 152 valence electrons. The van der Waals surface area contributed by atoms with Gasteiger partial charge in [0, 0.05) is 25.4 Å². The van der Waals surface area contributed by atoms with Gasteiger partial charge in [-0.2, -0.15) is 0 Å². The van der Waals surface area contributed by atoms with Crippen molar-refractivity contribution in [2.24, 2.45) is 5.92 Å². The number of piperidine rings is 1. The Morgan fingerprint density at radius 3 is 2.41 bits per heavy atom. The molecule has 0 aromatic heterocycles. The number of anilines is 1. The molecule has 1 heterocycles. The molecule has 29 heavy (non-hydrogen) atoms. The van der Waals surface area contributed by atoms with Crippen molar-refractivity contribution < 1.29 is 23.9 Å². The summed E-state index contributed by atoms with van der Waals surface area (Å²) in [6.45, 7) is 0.951. The fourth-order valence-corrected chi connectivity index (χ4v) is 3.43. The average Bonchev–Trinajstić information content (AvgIpc) is 2.74. The second-order valence-corrected chi connectivity index (χ2v) is 7.13. The topological polar surface area (TPSA) is 86.7 Å². The van der Waals surface area contributed by atoms with Crippen molar-refractivity contribution in [2.75, 3.05) is 18.4 Å². The average molecular weight is 398 g/mol. The van der Waals surface area contributed by atoms with E-state index < -0.39 is 11.8 Å². The van der Waals surface area contributed by atoms with Gasteiger partial charge in [-0.05, 0) is 43.0 Å². The lowest BCUT2D eigenvalue weighted by Crippen LogP contribution is -2.41. The van der Waals surface area contributed by atoms with Gasteiger partial charge in [0.1, 0.15) is 5.82 Å². The maximum atomic E-state index is 13.9. The van der Waals surface area contributed by atoms with E-state index in [0.717, 1.165) is 23.8 Å². The number of carboxylic acid groups (broad SMARTS) is 1. The largest absolute Gasteiger partial charge is 0.478 e. The van der Waals surface area contributed by atoms with Crippen LogP contribution in [0.4, 0.5) is 10.1 Å². The minimum atomic E-state index is -1.19. The van der Waals surface area contributed by atoms with Crippen molar-refractivity contribution in [3.05, 3.63) is 65.5 Å². The normalized spacial score (nSPS) is 14.4. The van der Waals surface area contributed by atoms with Crippen LogP contribution in [0.15, 0.2) is 48.5 Å². The number of carbonyl (C=O) groups excluding carboxylic acids is 2. The number of halogens is 1. The number of carbonyl (C=O) groups is 3. The van der Waals surface area contributed by atoms with E-state index in [1.807, 2.05) is 30.3 Å². The van der Waals surface area contributed by atoms with E-state index in [1.165, 1.54) is 0 Å². The third-order valence-electron chi connectivity index (χ3n) is 5.16. The van der Waals surface area contributed by atoms with Crippen molar-refractivity contribution in [3.8, 4) is 0 Å². The van der Waals surface area contributed by atoms with Gasteiger partial charge >= 0.3 is 5.97 Å². The highest BCUT2D eigenvalue weighted by Crippen LogP contribution is 2.22. The lowest BCUT2D eigenvalue weighted by atomic mass is 9.95. The summed E-state index contributed by atoms with van der Waals surface area (Å²) in [6.07, 6.45) is 2.08. The smallest absolute Gasteiger partial charge is 0.335 e. The van der Waals surface area contributed by atoms with Crippen LogP contribution in [0.1, 0.15) is 35.2 Å². The van der Waals surface area contributed by atoms with Crippen molar-refractivity contribution in [1.82, 2.24) is 4.90 Å². The highest BCUT2D eigenvalue weighted by molar-refractivity contribution is 5.95. The lowest BCUT2D eigenvalue weighted by Gasteiger charge is -2.31. The van der Waals surface area contributed by atoms with Gasteiger partial charge in [-0.1, -0.05) is 30.3 Å². The second kappa shape index (κ2) is 9.32. The molecule has 2 N–H and O–H groups in total. The van der Waals surface area contributed by atoms with Crippen LogP contribution in [0.5, 0.6) is 0 Å². The van der Waals surface area contributed by atoms with Crippen LogP contribution in [0, 0.1) is 11.7 Å². The van der Waals surface area contributed by atoms with E-state index in [1.54, 1.807) is 4.90 Å². The maximum Gasteiger partial charge on any atom is 0.335 e. The molecule has 1 aliphatic rings. The predicted molar refractivity (Wildman–Crippen MR) is 106 cm³/mol. The fourth-order valence-electron chi connectivity index (χ4n) is 3.43.